The van der Waals surface area contributed by atoms with Gasteiger partial charge < -0.3 is 5.32 Å². The van der Waals surface area contributed by atoms with Crippen molar-refractivity contribution in [2.45, 2.75) is 37.1 Å². The van der Waals surface area contributed by atoms with Crippen LogP contribution in [0.2, 0.25) is 8.67 Å². The van der Waals surface area contributed by atoms with Crippen LogP contribution in [0.25, 0.3) is 0 Å². The molecule has 20 heavy (non-hydrogen) atoms. The zero-order valence-corrected chi connectivity index (χ0v) is 14.4. The Morgan fingerprint density at radius 2 is 2.20 bits per heavy atom. The summed E-state index contributed by atoms with van der Waals surface area (Å²) in [4.78, 5) is 0.137. The summed E-state index contributed by atoms with van der Waals surface area (Å²) in [6, 6.07) is 1.44. The highest BCUT2D eigenvalue weighted by molar-refractivity contribution is 7.89. The van der Waals surface area contributed by atoms with Gasteiger partial charge in [-0.1, -0.05) is 36.5 Å². The molecule has 1 aromatic heterocycles. The molecule has 4 nitrogen and oxygen atoms in total. The van der Waals surface area contributed by atoms with E-state index in [1.807, 2.05) is 6.92 Å². The highest BCUT2D eigenvalue weighted by atomic mass is 35.5. The fraction of sp³-hybridized carbons (Fsp3) is 0.667. The average molecular weight is 357 g/mol. The Morgan fingerprint density at radius 3 is 2.80 bits per heavy atom. The molecule has 0 bridgehead atoms. The summed E-state index contributed by atoms with van der Waals surface area (Å²) < 4.78 is 27.7. The Morgan fingerprint density at radius 1 is 1.45 bits per heavy atom. The molecule has 1 atom stereocenters. The van der Waals surface area contributed by atoms with Crippen LogP contribution in [0, 0.1) is 0 Å². The second-order valence-corrected chi connectivity index (χ2v) is 8.91. The van der Waals surface area contributed by atoms with Gasteiger partial charge in [0.25, 0.3) is 0 Å². The van der Waals surface area contributed by atoms with E-state index in [9.17, 15) is 8.42 Å². The van der Waals surface area contributed by atoms with Crippen LogP contribution in [0.3, 0.4) is 0 Å². The van der Waals surface area contributed by atoms with Crippen molar-refractivity contribution in [3.63, 3.8) is 0 Å². The molecule has 1 aliphatic rings. The van der Waals surface area contributed by atoms with Gasteiger partial charge in [0.1, 0.15) is 9.23 Å². The zero-order valence-electron chi connectivity index (χ0n) is 11.2. The topological polar surface area (TPSA) is 49.4 Å². The smallest absolute Gasteiger partial charge is 0.245 e. The first kappa shape index (κ1) is 16.5. The minimum absolute atomic E-state index is 0.0107. The summed E-state index contributed by atoms with van der Waals surface area (Å²) in [7, 11) is -3.56. The van der Waals surface area contributed by atoms with Crippen molar-refractivity contribution >= 4 is 44.6 Å². The van der Waals surface area contributed by atoms with Crippen LogP contribution in [0.15, 0.2) is 11.0 Å². The first-order chi connectivity index (χ1) is 9.46. The minimum Gasteiger partial charge on any atom is -0.315 e. The van der Waals surface area contributed by atoms with Gasteiger partial charge in [0, 0.05) is 19.1 Å². The normalized spacial score (nSPS) is 21.2. The Bertz CT molecular complexity index is 560. The molecule has 1 fully saturated rings. The summed E-state index contributed by atoms with van der Waals surface area (Å²) in [5.74, 6) is 0. The number of halogens is 2. The number of piperidine rings is 1. The first-order valence-electron chi connectivity index (χ1n) is 6.64. The summed E-state index contributed by atoms with van der Waals surface area (Å²) in [5.41, 5.74) is 0. The van der Waals surface area contributed by atoms with Crippen LogP contribution in [0.1, 0.15) is 26.2 Å². The van der Waals surface area contributed by atoms with Crippen LogP contribution in [-0.2, 0) is 10.0 Å². The summed E-state index contributed by atoms with van der Waals surface area (Å²) in [6.07, 6.45) is 2.82. The molecule has 2 heterocycles. The van der Waals surface area contributed by atoms with Gasteiger partial charge in [0.05, 0.1) is 4.34 Å². The van der Waals surface area contributed by atoms with Gasteiger partial charge in [-0.05, 0) is 25.5 Å². The Hall–Kier alpha value is 0.150. The van der Waals surface area contributed by atoms with Gasteiger partial charge in [-0.2, -0.15) is 4.31 Å². The third-order valence-electron chi connectivity index (χ3n) is 3.42. The maximum absolute atomic E-state index is 12.8. The number of hydrogen-bond acceptors (Lipinski definition) is 4. The predicted octanol–water partition coefficient (Wildman–Crippen LogP) is 3.21. The molecule has 0 saturated carbocycles. The van der Waals surface area contributed by atoms with E-state index in [0.29, 0.717) is 17.4 Å². The predicted molar refractivity (Wildman–Crippen MR) is 84.4 cm³/mol. The number of nitrogens with one attached hydrogen (secondary N) is 1. The van der Waals surface area contributed by atoms with E-state index in [0.717, 1.165) is 37.1 Å². The monoisotopic (exact) mass is 356 g/mol. The van der Waals surface area contributed by atoms with E-state index in [2.05, 4.69) is 5.32 Å². The van der Waals surface area contributed by atoms with E-state index < -0.39 is 10.0 Å². The van der Waals surface area contributed by atoms with Gasteiger partial charge in [0.2, 0.25) is 10.0 Å². The molecule has 2 rings (SSSR count). The lowest BCUT2D eigenvalue weighted by atomic mass is 10.1. The molecule has 0 radical (unpaired) electrons. The second kappa shape index (κ2) is 6.94. The van der Waals surface area contributed by atoms with Crippen LogP contribution in [-0.4, -0.2) is 38.4 Å². The van der Waals surface area contributed by atoms with Gasteiger partial charge in [-0.3, -0.25) is 0 Å². The van der Waals surface area contributed by atoms with E-state index in [1.54, 1.807) is 4.31 Å². The molecule has 0 spiro atoms. The molecule has 8 heteroatoms. The third-order valence-corrected chi connectivity index (χ3v) is 7.12. The summed E-state index contributed by atoms with van der Waals surface area (Å²) >= 11 is 13.0. The molecule has 1 saturated heterocycles. The number of sulfonamides is 1. The maximum Gasteiger partial charge on any atom is 0.245 e. The molecule has 0 aliphatic carbocycles. The fourth-order valence-corrected chi connectivity index (χ4v) is 6.24. The Kier molecular flexibility index (Phi) is 5.73. The Labute approximate surface area is 134 Å². The van der Waals surface area contributed by atoms with Gasteiger partial charge in [0.15, 0.2) is 0 Å². The number of thiophene rings is 1. The van der Waals surface area contributed by atoms with E-state index in [4.69, 9.17) is 23.2 Å². The number of rotatable bonds is 5. The van der Waals surface area contributed by atoms with Crippen molar-refractivity contribution in [3.05, 3.63) is 14.7 Å². The summed E-state index contributed by atoms with van der Waals surface area (Å²) in [5, 5.41) is 3.23. The molecule has 0 aromatic carbocycles. The molecule has 0 amide bonds. The zero-order chi connectivity index (χ0) is 14.8. The van der Waals surface area contributed by atoms with Crippen LogP contribution in [0.5, 0.6) is 0 Å². The van der Waals surface area contributed by atoms with Crippen molar-refractivity contribution in [1.82, 2.24) is 9.62 Å². The van der Waals surface area contributed by atoms with Gasteiger partial charge in [-0.25, -0.2) is 8.42 Å². The molecule has 114 valence electrons. The van der Waals surface area contributed by atoms with Crippen molar-refractivity contribution in [2.24, 2.45) is 0 Å². The minimum atomic E-state index is -3.56. The van der Waals surface area contributed by atoms with E-state index in [1.165, 1.54) is 6.07 Å². The number of nitrogens with zero attached hydrogens (tertiary/aromatic N) is 1. The van der Waals surface area contributed by atoms with Gasteiger partial charge >= 0.3 is 0 Å². The van der Waals surface area contributed by atoms with Crippen LogP contribution < -0.4 is 5.32 Å². The second-order valence-electron chi connectivity index (χ2n) is 4.76. The fourth-order valence-electron chi connectivity index (χ4n) is 2.43. The SMILES string of the molecule is CCNCC1CCCCN1S(=O)(=O)c1cc(Cl)sc1Cl. The van der Waals surface area contributed by atoms with Crippen LogP contribution >= 0.6 is 34.5 Å². The standard InChI is InChI=1S/C12H18Cl2N2O2S2/c1-2-15-8-9-5-3-4-6-16(9)20(17,18)10-7-11(13)19-12(10)14/h7,9,15H,2-6,8H2,1H3. The highest BCUT2D eigenvalue weighted by Gasteiger charge is 2.35. The lowest BCUT2D eigenvalue weighted by molar-refractivity contribution is 0.246. The summed E-state index contributed by atoms with van der Waals surface area (Å²) in [6.45, 7) is 4.06. The van der Waals surface area contributed by atoms with E-state index in [-0.39, 0.29) is 15.3 Å². The van der Waals surface area contributed by atoms with Crippen molar-refractivity contribution in [1.29, 1.82) is 0 Å². The number of hydrogen-bond donors (Lipinski definition) is 1. The van der Waals surface area contributed by atoms with Crippen molar-refractivity contribution in [2.75, 3.05) is 19.6 Å². The molecule has 1 N–H and O–H groups in total. The molecular weight excluding hydrogens is 339 g/mol. The Balaban J connectivity index is 2.28. The van der Waals surface area contributed by atoms with Crippen molar-refractivity contribution < 1.29 is 8.42 Å². The molecule has 1 unspecified atom stereocenters. The lowest BCUT2D eigenvalue weighted by Crippen LogP contribution is -2.48. The third kappa shape index (κ3) is 3.48. The van der Waals surface area contributed by atoms with Gasteiger partial charge in [-0.15, -0.1) is 11.3 Å². The van der Waals surface area contributed by atoms with Crippen molar-refractivity contribution in [3.8, 4) is 0 Å². The largest absolute Gasteiger partial charge is 0.315 e. The van der Waals surface area contributed by atoms with E-state index >= 15 is 0 Å². The molecule has 1 aliphatic heterocycles. The lowest BCUT2D eigenvalue weighted by Gasteiger charge is -2.34. The molecule has 1 aromatic rings. The maximum atomic E-state index is 12.8. The quantitative estimate of drug-likeness (QED) is 0.880. The highest BCUT2D eigenvalue weighted by Crippen LogP contribution is 2.37. The first-order valence-corrected chi connectivity index (χ1v) is 9.65. The number of likely N-dealkylation sites (N-methyl/N-ethyl adjacent to an activating group) is 1. The van der Waals surface area contributed by atoms with Crippen LogP contribution in [0.4, 0.5) is 0 Å². The molecular formula is C12H18Cl2N2O2S2. The average Bonchev–Trinajstić information content (AvgIpc) is 2.76.